The van der Waals surface area contributed by atoms with Crippen LogP contribution in [0.4, 0.5) is 20.2 Å². The fourth-order valence-corrected chi connectivity index (χ4v) is 2.37. The van der Waals surface area contributed by atoms with Crippen molar-refractivity contribution in [3.8, 4) is 5.75 Å². The van der Waals surface area contributed by atoms with Crippen LogP contribution >= 0.6 is 0 Å². The first-order chi connectivity index (χ1) is 13.3. The Morgan fingerprint density at radius 3 is 2.21 bits per heavy atom. The van der Waals surface area contributed by atoms with Crippen LogP contribution in [0.25, 0.3) is 0 Å². The summed E-state index contributed by atoms with van der Waals surface area (Å²) in [6, 6.07) is 7.46. The molecular formula is C20H20F2N2O4. The van der Waals surface area contributed by atoms with E-state index in [1.165, 1.54) is 25.1 Å². The average molecular weight is 390 g/mol. The van der Waals surface area contributed by atoms with Gasteiger partial charge in [-0.05, 0) is 43.7 Å². The maximum atomic E-state index is 13.2. The van der Waals surface area contributed by atoms with Crippen LogP contribution in [0.1, 0.15) is 37.0 Å². The highest BCUT2D eigenvalue weighted by atomic mass is 19.2. The Hall–Kier alpha value is -3.29. The summed E-state index contributed by atoms with van der Waals surface area (Å²) in [6.45, 7) is 2.77. The van der Waals surface area contributed by atoms with Crippen molar-refractivity contribution in [1.29, 1.82) is 0 Å². The van der Waals surface area contributed by atoms with E-state index < -0.39 is 24.1 Å². The molecule has 0 aliphatic rings. The first-order valence-corrected chi connectivity index (χ1v) is 8.62. The summed E-state index contributed by atoms with van der Waals surface area (Å²) in [5.74, 6) is -3.02. The number of carbonyl (C=O) groups is 3. The lowest BCUT2D eigenvalue weighted by atomic mass is 10.1. The molecule has 0 aliphatic heterocycles. The van der Waals surface area contributed by atoms with E-state index in [1.807, 2.05) is 6.92 Å². The second-order valence-corrected chi connectivity index (χ2v) is 6.03. The fourth-order valence-electron chi connectivity index (χ4n) is 2.37. The first kappa shape index (κ1) is 21.0. The molecule has 2 rings (SSSR count). The molecule has 0 heterocycles. The van der Waals surface area contributed by atoms with Gasteiger partial charge in [0, 0.05) is 23.9 Å². The number of anilines is 2. The van der Waals surface area contributed by atoms with Crippen molar-refractivity contribution in [2.24, 2.45) is 0 Å². The van der Waals surface area contributed by atoms with Crippen molar-refractivity contribution in [3.63, 3.8) is 0 Å². The van der Waals surface area contributed by atoms with E-state index in [0.29, 0.717) is 18.5 Å². The summed E-state index contributed by atoms with van der Waals surface area (Å²) in [5.41, 5.74) is 0.727. The highest BCUT2D eigenvalue weighted by Gasteiger charge is 2.13. The highest BCUT2D eigenvalue weighted by molar-refractivity contribution is 5.99. The van der Waals surface area contributed by atoms with Crippen molar-refractivity contribution >= 4 is 29.0 Å². The third-order valence-corrected chi connectivity index (χ3v) is 3.68. The van der Waals surface area contributed by atoms with Gasteiger partial charge in [-0.1, -0.05) is 6.92 Å². The third kappa shape index (κ3) is 5.87. The molecule has 0 fully saturated rings. The van der Waals surface area contributed by atoms with Gasteiger partial charge >= 0.3 is 0 Å². The molecule has 0 aliphatic carbocycles. The molecule has 6 nitrogen and oxygen atoms in total. The number of ether oxygens (including phenoxy) is 1. The quantitative estimate of drug-likeness (QED) is 0.669. The lowest BCUT2D eigenvalue weighted by Crippen LogP contribution is -2.21. The molecule has 0 bridgehead atoms. The Morgan fingerprint density at radius 1 is 0.929 bits per heavy atom. The van der Waals surface area contributed by atoms with Crippen molar-refractivity contribution in [3.05, 3.63) is 53.6 Å². The molecule has 0 spiro atoms. The van der Waals surface area contributed by atoms with E-state index in [1.54, 1.807) is 6.07 Å². The largest absolute Gasteiger partial charge is 0.483 e. The Balaban J connectivity index is 2.03. The van der Waals surface area contributed by atoms with Crippen LogP contribution in [-0.2, 0) is 9.59 Å². The summed E-state index contributed by atoms with van der Waals surface area (Å²) in [4.78, 5) is 35.5. The second-order valence-electron chi connectivity index (χ2n) is 6.03. The number of nitrogens with one attached hydrogen (secondary N) is 2. The molecule has 2 aromatic carbocycles. The van der Waals surface area contributed by atoms with E-state index in [2.05, 4.69) is 10.6 Å². The van der Waals surface area contributed by atoms with Crippen molar-refractivity contribution in [1.82, 2.24) is 0 Å². The fraction of sp³-hybridized carbons (Fsp3) is 0.250. The van der Waals surface area contributed by atoms with Crippen LogP contribution in [0.2, 0.25) is 0 Å². The number of halogens is 2. The number of carbonyl (C=O) groups excluding carboxylic acids is 3. The number of benzene rings is 2. The van der Waals surface area contributed by atoms with E-state index in [0.717, 1.165) is 12.1 Å². The van der Waals surface area contributed by atoms with Gasteiger partial charge in [-0.25, -0.2) is 8.78 Å². The van der Waals surface area contributed by atoms with Crippen molar-refractivity contribution < 1.29 is 27.9 Å². The predicted octanol–water partition coefficient (Wildman–Crippen LogP) is 3.92. The lowest BCUT2D eigenvalue weighted by molar-refractivity contribution is -0.118. The van der Waals surface area contributed by atoms with E-state index in [9.17, 15) is 23.2 Å². The molecule has 2 amide bonds. The zero-order valence-electron chi connectivity index (χ0n) is 15.5. The summed E-state index contributed by atoms with van der Waals surface area (Å²) in [7, 11) is 0. The number of hydrogen-bond acceptors (Lipinski definition) is 4. The minimum atomic E-state index is -1.08. The maximum Gasteiger partial charge on any atom is 0.262 e. The third-order valence-electron chi connectivity index (χ3n) is 3.68. The minimum Gasteiger partial charge on any atom is -0.483 e. The first-order valence-electron chi connectivity index (χ1n) is 8.62. The molecule has 0 saturated heterocycles. The highest BCUT2D eigenvalue weighted by Crippen LogP contribution is 2.24. The number of ketones is 1. The Bertz CT molecular complexity index is 900. The van der Waals surface area contributed by atoms with Gasteiger partial charge < -0.3 is 15.4 Å². The van der Waals surface area contributed by atoms with Crippen LogP contribution < -0.4 is 15.4 Å². The van der Waals surface area contributed by atoms with Crippen LogP contribution in [-0.4, -0.2) is 24.2 Å². The smallest absolute Gasteiger partial charge is 0.262 e. The van der Waals surface area contributed by atoms with Gasteiger partial charge in [0.05, 0.1) is 5.56 Å². The summed E-state index contributed by atoms with van der Waals surface area (Å²) >= 11 is 0. The standard InChI is InChI=1S/C20H20F2N2O4/c1-3-4-19(26)23-13-6-8-18(15(9-13)12(2)25)28-11-20(27)24-14-5-7-16(21)17(22)10-14/h5-10H,3-4,11H2,1-2H3,(H,23,26)(H,24,27). The van der Waals surface area contributed by atoms with Crippen LogP contribution in [0.5, 0.6) is 5.75 Å². The molecule has 0 radical (unpaired) electrons. The van der Waals surface area contributed by atoms with Gasteiger partial charge in [0.15, 0.2) is 24.0 Å². The number of hydrogen-bond donors (Lipinski definition) is 2. The zero-order chi connectivity index (χ0) is 20.7. The van der Waals surface area contributed by atoms with Gasteiger partial charge in [-0.2, -0.15) is 0 Å². The normalized spacial score (nSPS) is 10.3. The van der Waals surface area contributed by atoms with Crippen molar-refractivity contribution in [2.75, 3.05) is 17.2 Å². The predicted molar refractivity (Wildman–Crippen MR) is 100 cm³/mol. The van der Waals surface area contributed by atoms with Crippen LogP contribution in [0, 0.1) is 11.6 Å². The number of amides is 2. The van der Waals surface area contributed by atoms with E-state index >= 15 is 0 Å². The van der Waals surface area contributed by atoms with Gasteiger partial charge in [0.25, 0.3) is 5.91 Å². The Labute approximate surface area is 160 Å². The van der Waals surface area contributed by atoms with Gasteiger partial charge in [0.1, 0.15) is 5.75 Å². The molecule has 0 atom stereocenters. The van der Waals surface area contributed by atoms with Gasteiger partial charge in [-0.3, -0.25) is 14.4 Å². The minimum absolute atomic E-state index is 0.0771. The monoisotopic (exact) mass is 390 g/mol. The SMILES string of the molecule is CCCC(=O)Nc1ccc(OCC(=O)Nc2ccc(F)c(F)c2)c(C(C)=O)c1. The summed E-state index contributed by atoms with van der Waals surface area (Å²) in [6.07, 6.45) is 1.05. The Kier molecular flexibility index (Phi) is 7.20. The maximum absolute atomic E-state index is 13.2. The summed E-state index contributed by atoms with van der Waals surface area (Å²) in [5, 5.41) is 5.05. The lowest BCUT2D eigenvalue weighted by Gasteiger charge is -2.12. The average Bonchev–Trinajstić information content (AvgIpc) is 2.63. The molecule has 28 heavy (non-hydrogen) atoms. The molecule has 2 N–H and O–H groups in total. The molecule has 0 unspecified atom stereocenters. The number of rotatable bonds is 8. The van der Waals surface area contributed by atoms with Crippen LogP contribution in [0.15, 0.2) is 36.4 Å². The molecular weight excluding hydrogens is 370 g/mol. The van der Waals surface area contributed by atoms with E-state index in [-0.39, 0.29) is 28.7 Å². The van der Waals surface area contributed by atoms with E-state index in [4.69, 9.17) is 4.74 Å². The van der Waals surface area contributed by atoms with Crippen molar-refractivity contribution in [2.45, 2.75) is 26.7 Å². The Morgan fingerprint density at radius 2 is 1.57 bits per heavy atom. The zero-order valence-corrected chi connectivity index (χ0v) is 15.5. The van der Waals surface area contributed by atoms with Crippen LogP contribution in [0.3, 0.4) is 0 Å². The molecule has 0 saturated carbocycles. The molecule has 0 aromatic heterocycles. The summed E-state index contributed by atoms with van der Waals surface area (Å²) < 4.78 is 31.5. The topological polar surface area (TPSA) is 84.5 Å². The second kappa shape index (κ2) is 9.59. The van der Waals surface area contributed by atoms with Gasteiger partial charge in [-0.15, -0.1) is 0 Å². The molecule has 8 heteroatoms. The molecule has 2 aromatic rings. The van der Waals surface area contributed by atoms with Gasteiger partial charge in [0.2, 0.25) is 5.91 Å². The number of Topliss-reactive ketones (excluding diaryl/α,β-unsaturated/α-hetero) is 1. The molecule has 148 valence electrons.